The second-order valence-electron chi connectivity index (χ2n) is 3.48. The molecule has 1 atom stereocenters. The number of alkyl halides is 3. The number of carbonyl (C=O) groups is 2. The molecule has 1 rings (SSSR count). The summed E-state index contributed by atoms with van der Waals surface area (Å²) in [4.78, 5) is 23.1. The van der Waals surface area contributed by atoms with Crippen molar-refractivity contribution in [2.75, 3.05) is 26.3 Å². The van der Waals surface area contributed by atoms with Gasteiger partial charge in [-0.25, -0.2) is 0 Å². The first-order valence-corrected chi connectivity index (χ1v) is 5.11. The lowest BCUT2D eigenvalue weighted by atomic mass is 10.2. The number of rotatable bonds is 2. The molecule has 0 radical (unpaired) electrons. The Hall–Kier alpha value is -1.31. The first kappa shape index (κ1) is 13.8. The predicted molar refractivity (Wildman–Crippen MR) is 51.1 cm³/mol. The quantitative estimate of drug-likeness (QED) is 0.749. The summed E-state index contributed by atoms with van der Waals surface area (Å²) in [7, 11) is 0. The fourth-order valence-electron chi connectivity index (χ4n) is 1.52. The normalized spacial score (nSPS) is 21.2. The van der Waals surface area contributed by atoms with Crippen molar-refractivity contribution in [3.05, 3.63) is 0 Å². The van der Waals surface area contributed by atoms with E-state index in [-0.39, 0.29) is 26.3 Å². The molecule has 2 amide bonds. The van der Waals surface area contributed by atoms with Gasteiger partial charge in [0.25, 0.3) is 0 Å². The van der Waals surface area contributed by atoms with Crippen LogP contribution in [0.2, 0.25) is 0 Å². The average Bonchev–Trinajstić information content (AvgIpc) is 2.27. The van der Waals surface area contributed by atoms with Crippen molar-refractivity contribution in [1.29, 1.82) is 0 Å². The van der Waals surface area contributed by atoms with Gasteiger partial charge in [0, 0.05) is 13.1 Å². The van der Waals surface area contributed by atoms with Crippen LogP contribution in [0.3, 0.4) is 0 Å². The SMILES string of the molecule is CCNC(=O)C1COCCN1C(=O)C(F)(F)F. The number of hydrogen-bond donors (Lipinski definition) is 1. The minimum absolute atomic E-state index is 0.00226. The first-order valence-electron chi connectivity index (χ1n) is 5.11. The lowest BCUT2D eigenvalue weighted by molar-refractivity contribution is -0.193. The molecule has 0 spiro atoms. The molecule has 1 unspecified atom stereocenters. The number of nitrogens with one attached hydrogen (secondary N) is 1. The molecular formula is C9H13F3N2O3. The number of ether oxygens (including phenoxy) is 1. The molecule has 5 nitrogen and oxygen atoms in total. The highest BCUT2D eigenvalue weighted by Gasteiger charge is 2.46. The fourth-order valence-corrected chi connectivity index (χ4v) is 1.52. The molecule has 8 heteroatoms. The molecule has 1 N–H and O–H groups in total. The molecule has 0 aliphatic carbocycles. The molecule has 1 aliphatic heterocycles. The van der Waals surface area contributed by atoms with E-state index in [4.69, 9.17) is 4.74 Å². The molecule has 0 aromatic carbocycles. The predicted octanol–water partition coefficient (Wildman–Crippen LogP) is -0.0878. The molecule has 1 aliphatic rings. The average molecular weight is 254 g/mol. The van der Waals surface area contributed by atoms with Crippen LogP contribution in [-0.2, 0) is 14.3 Å². The summed E-state index contributed by atoms with van der Waals surface area (Å²) in [5.41, 5.74) is 0. The van der Waals surface area contributed by atoms with Crippen LogP contribution in [-0.4, -0.2) is 55.2 Å². The van der Waals surface area contributed by atoms with Gasteiger partial charge in [0.15, 0.2) is 0 Å². The number of likely N-dealkylation sites (N-methyl/N-ethyl adjacent to an activating group) is 1. The molecule has 0 aromatic heterocycles. The van der Waals surface area contributed by atoms with Crippen LogP contribution in [0.15, 0.2) is 0 Å². The van der Waals surface area contributed by atoms with E-state index < -0.39 is 24.0 Å². The summed E-state index contributed by atoms with van der Waals surface area (Å²) >= 11 is 0. The van der Waals surface area contributed by atoms with E-state index in [1.807, 2.05) is 0 Å². The molecule has 0 saturated carbocycles. The topological polar surface area (TPSA) is 58.6 Å². The highest BCUT2D eigenvalue weighted by atomic mass is 19.4. The van der Waals surface area contributed by atoms with Crippen LogP contribution in [0.5, 0.6) is 0 Å². The maximum absolute atomic E-state index is 12.3. The zero-order valence-corrected chi connectivity index (χ0v) is 9.21. The Labute approximate surface area is 95.9 Å². The van der Waals surface area contributed by atoms with Crippen molar-refractivity contribution in [1.82, 2.24) is 10.2 Å². The van der Waals surface area contributed by atoms with Crippen LogP contribution >= 0.6 is 0 Å². The second-order valence-corrected chi connectivity index (χ2v) is 3.48. The summed E-state index contributed by atoms with van der Waals surface area (Å²) < 4.78 is 41.8. The Bertz CT molecular complexity index is 306. The van der Waals surface area contributed by atoms with Crippen molar-refractivity contribution in [2.24, 2.45) is 0 Å². The Morgan fingerprint density at radius 1 is 1.47 bits per heavy atom. The summed E-state index contributed by atoms with van der Waals surface area (Å²) in [5.74, 6) is -2.64. The van der Waals surface area contributed by atoms with E-state index >= 15 is 0 Å². The van der Waals surface area contributed by atoms with Crippen LogP contribution in [0.1, 0.15) is 6.92 Å². The van der Waals surface area contributed by atoms with Gasteiger partial charge in [0.05, 0.1) is 13.2 Å². The second kappa shape index (κ2) is 5.35. The molecule has 0 aromatic rings. The zero-order valence-electron chi connectivity index (χ0n) is 9.21. The number of hydrogen-bond acceptors (Lipinski definition) is 3. The van der Waals surface area contributed by atoms with Gasteiger partial charge in [-0.2, -0.15) is 13.2 Å². The highest BCUT2D eigenvalue weighted by Crippen LogP contribution is 2.21. The molecule has 1 heterocycles. The van der Waals surface area contributed by atoms with Gasteiger partial charge in [-0.3, -0.25) is 9.59 Å². The van der Waals surface area contributed by atoms with E-state index in [1.165, 1.54) is 0 Å². The molecule has 98 valence electrons. The third kappa shape index (κ3) is 3.32. The minimum Gasteiger partial charge on any atom is -0.377 e. The van der Waals surface area contributed by atoms with Crippen LogP contribution in [0, 0.1) is 0 Å². The van der Waals surface area contributed by atoms with E-state index in [0.717, 1.165) is 0 Å². The lowest BCUT2D eigenvalue weighted by Crippen LogP contribution is -2.58. The lowest BCUT2D eigenvalue weighted by Gasteiger charge is -2.34. The third-order valence-corrected chi connectivity index (χ3v) is 2.29. The summed E-state index contributed by atoms with van der Waals surface area (Å²) in [6, 6.07) is -1.21. The minimum atomic E-state index is -4.97. The number of morpholine rings is 1. The van der Waals surface area contributed by atoms with Crippen molar-refractivity contribution in [3.8, 4) is 0 Å². The van der Waals surface area contributed by atoms with Gasteiger partial charge in [0.2, 0.25) is 5.91 Å². The largest absolute Gasteiger partial charge is 0.471 e. The summed E-state index contributed by atoms with van der Waals surface area (Å²) in [6.45, 7) is 1.46. The molecule has 1 fully saturated rings. The fraction of sp³-hybridized carbons (Fsp3) is 0.778. The van der Waals surface area contributed by atoms with Gasteiger partial charge in [0.1, 0.15) is 6.04 Å². The van der Waals surface area contributed by atoms with Gasteiger partial charge >= 0.3 is 12.1 Å². The van der Waals surface area contributed by atoms with E-state index in [2.05, 4.69) is 5.32 Å². The first-order chi connectivity index (χ1) is 7.88. The van der Waals surface area contributed by atoms with E-state index in [1.54, 1.807) is 6.92 Å². The maximum Gasteiger partial charge on any atom is 0.471 e. The molecular weight excluding hydrogens is 241 g/mol. The Kier molecular flexibility index (Phi) is 4.33. The molecule has 17 heavy (non-hydrogen) atoms. The summed E-state index contributed by atoms with van der Waals surface area (Å²) in [5, 5.41) is 2.37. The van der Waals surface area contributed by atoms with Crippen molar-refractivity contribution in [3.63, 3.8) is 0 Å². The number of nitrogens with zero attached hydrogens (tertiary/aromatic N) is 1. The van der Waals surface area contributed by atoms with Gasteiger partial charge in [-0.1, -0.05) is 0 Å². The maximum atomic E-state index is 12.3. The van der Waals surface area contributed by atoms with Crippen molar-refractivity contribution < 1.29 is 27.5 Å². The van der Waals surface area contributed by atoms with Crippen molar-refractivity contribution in [2.45, 2.75) is 19.1 Å². The van der Waals surface area contributed by atoms with E-state index in [9.17, 15) is 22.8 Å². The van der Waals surface area contributed by atoms with Crippen molar-refractivity contribution >= 4 is 11.8 Å². The molecule has 0 bridgehead atoms. The van der Waals surface area contributed by atoms with Gasteiger partial charge in [-0.05, 0) is 6.92 Å². The van der Waals surface area contributed by atoms with Crippen LogP contribution < -0.4 is 5.32 Å². The monoisotopic (exact) mass is 254 g/mol. The van der Waals surface area contributed by atoms with Gasteiger partial charge in [-0.15, -0.1) is 0 Å². The standard InChI is InChI=1S/C9H13F3N2O3/c1-2-13-7(15)6-5-17-4-3-14(6)8(16)9(10,11)12/h6H,2-5H2,1H3,(H,13,15). The summed E-state index contributed by atoms with van der Waals surface area (Å²) in [6.07, 6.45) is -4.97. The molecule has 1 saturated heterocycles. The van der Waals surface area contributed by atoms with Crippen LogP contribution in [0.25, 0.3) is 0 Å². The zero-order chi connectivity index (χ0) is 13.1. The number of halogens is 3. The Balaban J connectivity index is 2.79. The van der Waals surface area contributed by atoms with Gasteiger partial charge < -0.3 is 15.0 Å². The Morgan fingerprint density at radius 3 is 2.65 bits per heavy atom. The third-order valence-electron chi connectivity index (χ3n) is 2.29. The number of amides is 2. The Morgan fingerprint density at radius 2 is 2.12 bits per heavy atom. The van der Waals surface area contributed by atoms with Crippen LogP contribution in [0.4, 0.5) is 13.2 Å². The van der Waals surface area contributed by atoms with E-state index in [0.29, 0.717) is 4.90 Å². The highest BCUT2D eigenvalue weighted by molar-refractivity contribution is 5.90. The number of carbonyl (C=O) groups excluding carboxylic acids is 2. The smallest absolute Gasteiger partial charge is 0.377 e.